The fraction of sp³-hybridized carbons (Fsp3) is 0.368. The van der Waals surface area contributed by atoms with Crippen LogP contribution in [0.25, 0.3) is 0 Å². The molecule has 150 valence electrons. The first-order chi connectivity index (χ1) is 14.4. The Labute approximate surface area is 167 Å². The number of nitrogens with zero attached hydrogens (tertiary/aromatic N) is 1. The molecule has 7 nitrogen and oxygen atoms in total. The predicted octanol–water partition coefficient (Wildman–Crippen LogP) is 2.60. The summed E-state index contributed by atoms with van der Waals surface area (Å²) in [7, 11) is -6.63. The van der Waals surface area contributed by atoms with E-state index in [1.54, 1.807) is 0 Å². The fourth-order valence-electron chi connectivity index (χ4n) is 2.89. The topological polar surface area (TPSA) is 94.6 Å². The Hall–Kier alpha value is -2.52. The number of pyridine rings is 1. The summed E-state index contributed by atoms with van der Waals surface area (Å²) in [6.45, 7) is 2.24. The van der Waals surface area contributed by atoms with Crippen LogP contribution >= 0.6 is 0 Å². The maximum absolute atomic E-state index is 13.4. The van der Waals surface area contributed by atoms with Crippen molar-refractivity contribution in [3.8, 4) is 5.75 Å². The summed E-state index contributed by atoms with van der Waals surface area (Å²) in [5.74, 6) is -2.04. The van der Waals surface area contributed by atoms with Gasteiger partial charge in [0.05, 0.1) is 39.7 Å². The van der Waals surface area contributed by atoms with Gasteiger partial charge in [-0.3, -0.25) is 4.79 Å². The zero-order valence-corrected chi connectivity index (χ0v) is 15.9. The lowest BCUT2D eigenvalue weighted by molar-refractivity contribution is 0.102. The molecule has 0 aliphatic carbocycles. The van der Waals surface area contributed by atoms with Crippen molar-refractivity contribution in [1.82, 2.24) is 4.98 Å². The van der Waals surface area contributed by atoms with E-state index >= 15 is 0 Å². The van der Waals surface area contributed by atoms with Crippen LogP contribution in [-0.2, 0) is 14.6 Å². The van der Waals surface area contributed by atoms with Crippen LogP contribution in [0.15, 0.2) is 35.2 Å². The number of nitrogens with one attached hydrogen (secondary N) is 1. The van der Waals surface area contributed by atoms with Crippen molar-refractivity contribution in [2.24, 2.45) is 5.92 Å². The molecule has 0 saturated carbocycles. The van der Waals surface area contributed by atoms with E-state index in [0.717, 1.165) is 18.2 Å². The number of methoxy groups -OCH3 is 1. The molecule has 1 aromatic carbocycles. The van der Waals surface area contributed by atoms with Gasteiger partial charge in [0, 0.05) is 6.61 Å². The maximum atomic E-state index is 13.4. The van der Waals surface area contributed by atoms with Gasteiger partial charge in [-0.1, -0.05) is 0 Å². The molecule has 2 aromatic rings. The minimum absolute atomic E-state index is 0.0140. The number of hydrogen-bond acceptors (Lipinski definition) is 6. The van der Waals surface area contributed by atoms with Crippen molar-refractivity contribution in [3.63, 3.8) is 0 Å². The molecule has 1 N–H and O–H groups in total. The van der Waals surface area contributed by atoms with Gasteiger partial charge in [-0.15, -0.1) is 0 Å². The molecule has 0 spiro atoms. The van der Waals surface area contributed by atoms with E-state index in [2.05, 4.69) is 10.3 Å². The van der Waals surface area contributed by atoms with E-state index in [4.69, 9.17) is 13.6 Å². The number of hydrogen-bond donors (Lipinski definition) is 1. The van der Waals surface area contributed by atoms with Gasteiger partial charge in [0.1, 0.15) is 17.4 Å². The molecular formula is C19H21FN2O5S. The lowest BCUT2D eigenvalue weighted by atomic mass is 10.2. The molecule has 28 heavy (non-hydrogen) atoms. The summed E-state index contributed by atoms with van der Waals surface area (Å²) in [5, 5.41) is 2.41. The molecule has 1 aliphatic heterocycles. The van der Waals surface area contributed by atoms with Crippen molar-refractivity contribution < 1.29 is 31.2 Å². The zero-order valence-electron chi connectivity index (χ0n) is 18.1. The average molecular weight is 411 g/mol. The largest absolute Gasteiger partial charge is 0.496 e. The highest BCUT2D eigenvalue weighted by Gasteiger charge is 2.26. The van der Waals surface area contributed by atoms with E-state index < -0.39 is 28.6 Å². The number of benzene rings is 1. The second-order valence-corrected chi connectivity index (χ2v) is 8.52. The van der Waals surface area contributed by atoms with Crippen molar-refractivity contribution in [1.29, 1.82) is 0 Å². The molecule has 1 amide bonds. The molecule has 2 heterocycles. The minimum Gasteiger partial charge on any atom is -0.496 e. The molecule has 0 bridgehead atoms. The number of aromatic nitrogens is 1. The first-order valence-corrected chi connectivity index (χ1v) is 10.2. The normalized spacial score (nSPS) is 18.8. The van der Waals surface area contributed by atoms with E-state index in [-0.39, 0.29) is 39.4 Å². The van der Waals surface area contributed by atoms with Gasteiger partial charge in [0.2, 0.25) is 0 Å². The average Bonchev–Trinajstić information content (AvgIpc) is 3.16. The molecular weight excluding hydrogens is 387 g/mol. The highest BCUT2D eigenvalue weighted by atomic mass is 32.2. The summed E-state index contributed by atoms with van der Waals surface area (Å²) < 4.78 is 71.0. The minimum atomic E-state index is -3.77. The van der Waals surface area contributed by atoms with Crippen molar-refractivity contribution in [2.75, 3.05) is 31.3 Å². The van der Waals surface area contributed by atoms with Gasteiger partial charge in [0.25, 0.3) is 5.91 Å². The first kappa shape index (κ1) is 16.4. The van der Waals surface area contributed by atoms with Gasteiger partial charge in [0.15, 0.2) is 9.84 Å². The van der Waals surface area contributed by atoms with Gasteiger partial charge >= 0.3 is 0 Å². The summed E-state index contributed by atoms with van der Waals surface area (Å²) >= 11 is 0. The van der Waals surface area contributed by atoms with E-state index in [1.165, 1.54) is 19.1 Å². The Morgan fingerprint density at radius 2 is 2.25 bits per heavy atom. The number of sulfone groups is 1. The van der Waals surface area contributed by atoms with Crippen LogP contribution in [0, 0.1) is 18.7 Å². The number of anilines is 1. The monoisotopic (exact) mass is 411 g/mol. The summed E-state index contributed by atoms with van der Waals surface area (Å²) in [5.41, 5.74) is -0.254. The zero-order chi connectivity index (χ0) is 22.8. The number of aryl methyl sites for hydroxylation is 1. The third-order valence-electron chi connectivity index (χ3n) is 4.41. The number of carbonyl (C=O) groups is 1. The van der Waals surface area contributed by atoms with Gasteiger partial charge < -0.3 is 14.8 Å². The smallest absolute Gasteiger partial charge is 0.260 e. The number of ether oxygens (including phenoxy) is 2. The Kier molecular flexibility index (Phi) is 4.83. The summed E-state index contributed by atoms with van der Waals surface area (Å²) in [6.07, 6.45) is 0.613. The summed E-state index contributed by atoms with van der Waals surface area (Å²) in [4.78, 5) is 16.6. The Balaban J connectivity index is 1.94. The summed E-state index contributed by atoms with van der Waals surface area (Å²) in [6, 6.07) is 5.73. The van der Waals surface area contributed by atoms with Crippen LogP contribution in [0.1, 0.15) is 26.6 Å². The van der Waals surface area contributed by atoms with Crippen LogP contribution in [0.5, 0.6) is 5.75 Å². The molecule has 3 rings (SSSR count). The molecule has 1 saturated heterocycles. The molecule has 1 aromatic heterocycles. The second-order valence-electron chi connectivity index (χ2n) is 6.49. The van der Waals surface area contributed by atoms with Crippen LogP contribution in [0.2, 0.25) is 0 Å². The molecule has 1 atom stereocenters. The Bertz CT molecular complexity index is 1090. The van der Waals surface area contributed by atoms with Crippen LogP contribution in [-0.4, -0.2) is 45.3 Å². The Morgan fingerprint density at radius 3 is 2.93 bits per heavy atom. The van der Waals surface area contributed by atoms with Crippen LogP contribution < -0.4 is 10.1 Å². The number of amides is 1. The molecule has 1 fully saturated rings. The second kappa shape index (κ2) is 8.24. The predicted molar refractivity (Wildman–Crippen MR) is 101 cm³/mol. The first-order valence-electron chi connectivity index (χ1n) is 10.0. The van der Waals surface area contributed by atoms with Crippen LogP contribution in [0.3, 0.4) is 0 Å². The SMILES string of the molecule is [2H]C([2H])([2H])Oc1ccc(S(=O)(=O)C[C@H]2CCOC2)cc1C(=O)Nc1ccc(F)c(C)n1. The third-order valence-corrected chi connectivity index (χ3v) is 6.29. The molecule has 0 radical (unpaired) electrons. The number of carbonyl (C=O) groups excluding carboxylic acids is 1. The molecule has 9 heteroatoms. The van der Waals surface area contributed by atoms with E-state index in [9.17, 15) is 17.6 Å². The standard InChI is InChI=1S/C19H21FN2O5S/c1-12-16(20)4-6-18(21-12)22-19(23)15-9-14(3-5-17(15)26-2)28(24,25)11-13-7-8-27-10-13/h3-6,9,13H,7-8,10-11H2,1-2H3,(H,21,22,23)/t13-/m0/s1/i2D3. The highest BCUT2D eigenvalue weighted by molar-refractivity contribution is 7.91. The fourth-order valence-corrected chi connectivity index (χ4v) is 4.54. The van der Waals surface area contributed by atoms with Gasteiger partial charge in [-0.25, -0.2) is 17.8 Å². The number of halogens is 1. The third kappa shape index (κ3) is 4.48. The van der Waals surface area contributed by atoms with Crippen molar-refractivity contribution in [2.45, 2.75) is 18.2 Å². The lowest BCUT2D eigenvalue weighted by Crippen LogP contribution is -2.18. The van der Waals surface area contributed by atoms with Gasteiger partial charge in [-0.05, 0) is 49.6 Å². The Morgan fingerprint density at radius 1 is 1.43 bits per heavy atom. The van der Waals surface area contributed by atoms with Crippen molar-refractivity contribution >= 4 is 21.6 Å². The quantitative estimate of drug-likeness (QED) is 0.785. The van der Waals surface area contributed by atoms with Gasteiger partial charge in [-0.2, -0.15) is 0 Å². The highest BCUT2D eigenvalue weighted by Crippen LogP contribution is 2.26. The maximum Gasteiger partial charge on any atom is 0.260 e. The van der Waals surface area contributed by atoms with Crippen LogP contribution in [0.4, 0.5) is 10.2 Å². The van der Waals surface area contributed by atoms with Crippen molar-refractivity contribution in [3.05, 3.63) is 47.4 Å². The van der Waals surface area contributed by atoms with E-state index in [1.807, 2.05) is 0 Å². The molecule has 1 aliphatic rings. The number of rotatable bonds is 6. The van der Waals surface area contributed by atoms with E-state index in [0.29, 0.717) is 19.6 Å². The lowest BCUT2D eigenvalue weighted by Gasteiger charge is -2.13. The molecule has 0 unspecified atom stereocenters.